The number of pyridine rings is 1. The fourth-order valence-corrected chi connectivity index (χ4v) is 4.42. The molecule has 3 aromatic rings. The number of hydrogen-bond donors (Lipinski definition) is 3. The van der Waals surface area contributed by atoms with E-state index in [0.717, 1.165) is 24.0 Å². The van der Waals surface area contributed by atoms with Gasteiger partial charge >= 0.3 is 0 Å². The fourth-order valence-electron chi connectivity index (χ4n) is 4.42. The Labute approximate surface area is 192 Å². The number of aromatic nitrogens is 1. The SMILES string of the molecule is NC(CNC(=O)C1(c2cccc(F)c2)CCCC1)c1ccc(C(=O)Nc2ccncc2)cc1. The summed E-state index contributed by atoms with van der Waals surface area (Å²) in [4.78, 5) is 29.5. The minimum atomic E-state index is -0.712. The average molecular weight is 447 g/mol. The molecule has 1 aliphatic rings. The predicted molar refractivity (Wildman–Crippen MR) is 125 cm³/mol. The normalized spacial score (nSPS) is 15.6. The van der Waals surface area contributed by atoms with E-state index in [2.05, 4.69) is 15.6 Å². The molecule has 0 aliphatic heterocycles. The minimum Gasteiger partial charge on any atom is -0.353 e. The van der Waals surface area contributed by atoms with E-state index >= 15 is 0 Å². The van der Waals surface area contributed by atoms with E-state index in [1.807, 2.05) is 6.07 Å². The van der Waals surface area contributed by atoms with Crippen LogP contribution >= 0.6 is 0 Å². The Hall–Kier alpha value is -3.58. The molecule has 1 atom stereocenters. The molecule has 0 radical (unpaired) electrons. The highest BCUT2D eigenvalue weighted by Crippen LogP contribution is 2.41. The van der Waals surface area contributed by atoms with Crippen LogP contribution in [0.4, 0.5) is 10.1 Å². The summed E-state index contributed by atoms with van der Waals surface area (Å²) in [5.41, 5.74) is 8.30. The minimum absolute atomic E-state index is 0.116. The number of carbonyl (C=O) groups is 2. The Kier molecular flexibility index (Phi) is 6.79. The summed E-state index contributed by atoms with van der Waals surface area (Å²) >= 11 is 0. The molecule has 2 amide bonds. The summed E-state index contributed by atoms with van der Waals surface area (Å²) in [5.74, 6) is -0.682. The molecule has 1 aromatic heterocycles. The van der Waals surface area contributed by atoms with Gasteiger partial charge < -0.3 is 16.4 Å². The number of hydrogen-bond acceptors (Lipinski definition) is 4. The quantitative estimate of drug-likeness (QED) is 0.509. The number of halogens is 1. The van der Waals surface area contributed by atoms with Gasteiger partial charge in [-0.15, -0.1) is 0 Å². The van der Waals surface area contributed by atoms with E-state index in [0.29, 0.717) is 24.1 Å². The van der Waals surface area contributed by atoms with E-state index in [4.69, 9.17) is 5.73 Å². The number of benzene rings is 2. The van der Waals surface area contributed by atoms with Crippen LogP contribution in [0.25, 0.3) is 0 Å². The molecule has 2 aromatic carbocycles. The first-order chi connectivity index (χ1) is 16.0. The van der Waals surface area contributed by atoms with E-state index in [1.54, 1.807) is 54.9 Å². The molecule has 1 aliphatic carbocycles. The standard InChI is InChI=1S/C26H27FN4O2/c27-21-5-3-4-20(16-21)26(12-1-2-13-26)25(33)30-17-23(28)18-6-8-19(9-7-18)24(32)31-22-10-14-29-15-11-22/h3-11,14-16,23H,1-2,12-13,17,28H2,(H,30,33)(H,29,31,32). The molecule has 0 spiro atoms. The van der Waals surface area contributed by atoms with Gasteiger partial charge in [-0.05, 0) is 60.4 Å². The van der Waals surface area contributed by atoms with Gasteiger partial charge in [-0.2, -0.15) is 0 Å². The van der Waals surface area contributed by atoms with Gasteiger partial charge in [0.05, 0.1) is 5.41 Å². The number of nitrogens with two attached hydrogens (primary N) is 1. The summed E-state index contributed by atoms with van der Waals surface area (Å²) in [6.07, 6.45) is 6.46. The molecular formula is C26H27FN4O2. The number of rotatable bonds is 7. The van der Waals surface area contributed by atoms with Gasteiger partial charge in [0, 0.05) is 36.2 Å². The first-order valence-corrected chi connectivity index (χ1v) is 11.1. The van der Waals surface area contributed by atoms with Crippen LogP contribution in [-0.4, -0.2) is 23.3 Å². The van der Waals surface area contributed by atoms with Gasteiger partial charge in [0.25, 0.3) is 5.91 Å². The Balaban J connectivity index is 1.38. The van der Waals surface area contributed by atoms with E-state index < -0.39 is 11.5 Å². The smallest absolute Gasteiger partial charge is 0.255 e. The number of nitrogens with zero attached hydrogens (tertiary/aromatic N) is 1. The van der Waals surface area contributed by atoms with Gasteiger partial charge in [-0.3, -0.25) is 14.6 Å². The summed E-state index contributed by atoms with van der Waals surface area (Å²) in [5, 5.41) is 5.79. The summed E-state index contributed by atoms with van der Waals surface area (Å²) in [6.45, 7) is 0.248. The van der Waals surface area contributed by atoms with Crippen LogP contribution in [-0.2, 0) is 10.2 Å². The highest BCUT2D eigenvalue weighted by atomic mass is 19.1. The van der Waals surface area contributed by atoms with Crippen molar-refractivity contribution in [2.45, 2.75) is 37.1 Å². The van der Waals surface area contributed by atoms with Crippen LogP contribution in [0.2, 0.25) is 0 Å². The van der Waals surface area contributed by atoms with Crippen LogP contribution in [0.3, 0.4) is 0 Å². The summed E-state index contributed by atoms with van der Waals surface area (Å²) in [6, 6.07) is 16.3. The molecule has 0 bridgehead atoms. The summed E-state index contributed by atoms with van der Waals surface area (Å²) in [7, 11) is 0. The lowest BCUT2D eigenvalue weighted by Gasteiger charge is -2.29. The first kappa shape index (κ1) is 22.6. The molecule has 7 heteroatoms. The average Bonchev–Trinajstić information content (AvgIpc) is 3.34. The second-order valence-electron chi connectivity index (χ2n) is 8.43. The number of nitrogens with one attached hydrogen (secondary N) is 2. The van der Waals surface area contributed by atoms with Crippen molar-refractivity contribution in [3.63, 3.8) is 0 Å². The maximum atomic E-state index is 13.8. The van der Waals surface area contributed by atoms with E-state index in [1.165, 1.54) is 12.1 Å². The van der Waals surface area contributed by atoms with Crippen molar-refractivity contribution in [2.24, 2.45) is 5.73 Å². The third kappa shape index (κ3) is 5.09. The maximum absolute atomic E-state index is 13.8. The van der Waals surface area contributed by atoms with Crippen LogP contribution in [0.5, 0.6) is 0 Å². The number of carbonyl (C=O) groups excluding carboxylic acids is 2. The van der Waals surface area contributed by atoms with Crippen molar-refractivity contribution >= 4 is 17.5 Å². The molecule has 6 nitrogen and oxygen atoms in total. The lowest BCUT2D eigenvalue weighted by atomic mass is 9.78. The van der Waals surface area contributed by atoms with E-state index in [-0.39, 0.29) is 24.2 Å². The predicted octanol–water partition coefficient (Wildman–Crippen LogP) is 4.10. The molecule has 1 heterocycles. The van der Waals surface area contributed by atoms with Crippen molar-refractivity contribution in [3.8, 4) is 0 Å². The Morgan fingerprint density at radius 3 is 2.39 bits per heavy atom. The Morgan fingerprint density at radius 1 is 1.03 bits per heavy atom. The number of amides is 2. The van der Waals surface area contributed by atoms with Crippen molar-refractivity contribution in [3.05, 3.63) is 95.6 Å². The van der Waals surface area contributed by atoms with Gasteiger partial charge in [0.2, 0.25) is 5.91 Å². The third-order valence-electron chi connectivity index (χ3n) is 6.29. The Morgan fingerprint density at radius 2 is 1.73 bits per heavy atom. The molecule has 1 unspecified atom stereocenters. The molecule has 0 saturated heterocycles. The molecule has 1 saturated carbocycles. The zero-order valence-electron chi connectivity index (χ0n) is 18.3. The maximum Gasteiger partial charge on any atom is 0.255 e. The van der Waals surface area contributed by atoms with Crippen molar-refractivity contribution < 1.29 is 14.0 Å². The second kappa shape index (κ2) is 9.92. The summed E-state index contributed by atoms with van der Waals surface area (Å²) < 4.78 is 13.8. The van der Waals surface area contributed by atoms with Gasteiger partial charge in [-0.25, -0.2) is 4.39 Å². The molecule has 170 valence electrons. The van der Waals surface area contributed by atoms with Crippen LogP contribution in [0, 0.1) is 5.82 Å². The lowest BCUT2D eigenvalue weighted by Crippen LogP contribution is -2.45. The van der Waals surface area contributed by atoms with Crippen LogP contribution in [0.15, 0.2) is 73.1 Å². The molecule has 4 N–H and O–H groups in total. The molecule has 1 fully saturated rings. The van der Waals surface area contributed by atoms with Crippen molar-refractivity contribution in [1.29, 1.82) is 0 Å². The third-order valence-corrected chi connectivity index (χ3v) is 6.29. The van der Waals surface area contributed by atoms with Crippen molar-refractivity contribution in [2.75, 3.05) is 11.9 Å². The van der Waals surface area contributed by atoms with Gasteiger partial charge in [-0.1, -0.05) is 37.1 Å². The lowest BCUT2D eigenvalue weighted by molar-refractivity contribution is -0.126. The molecule has 33 heavy (non-hydrogen) atoms. The van der Waals surface area contributed by atoms with Crippen molar-refractivity contribution in [1.82, 2.24) is 10.3 Å². The van der Waals surface area contributed by atoms with Crippen LogP contribution in [0.1, 0.15) is 53.2 Å². The highest BCUT2D eigenvalue weighted by molar-refractivity contribution is 6.04. The first-order valence-electron chi connectivity index (χ1n) is 11.1. The zero-order chi connectivity index (χ0) is 23.3. The van der Waals surface area contributed by atoms with Gasteiger partial charge in [0.1, 0.15) is 5.82 Å². The number of anilines is 1. The monoisotopic (exact) mass is 446 g/mol. The van der Waals surface area contributed by atoms with Crippen LogP contribution < -0.4 is 16.4 Å². The largest absolute Gasteiger partial charge is 0.353 e. The van der Waals surface area contributed by atoms with Gasteiger partial charge in [0.15, 0.2) is 0 Å². The topological polar surface area (TPSA) is 97.1 Å². The Bertz CT molecular complexity index is 1110. The second-order valence-corrected chi connectivity index (χ2v) is 8.43. The zero-order valence-corrected chi connectivity index (χ0v) is 18.3. The highest BCUT2D eigenvalue weighted by Gasteiger charge is 2.42. The molecule has 4 rings (SSSR count). The van der Waals surface area contributed by atoms with E-state index in [9.17, 15) is 14.0 Å². The molecular weight excluding hydrogens is 419 g/mol. The fraction of sp³-hybridized carbons (Fsp3) is 0.269.